The number of hydrogen-bond acceptors (Lipinski definition) is 5. The number of esters is 1. The van der Waals surface area contributed by atoms with Crippen LogP contribution < -0.4 is 10.1 Å². The number of nitrogens with one attached hydrogen (secondary N) is 1. The smallest absolute Gasteiger partial charge is 0.305 e. The maximum absolute atomic E-state index is 12.4. The standard InChI is InChI=1S/C18H21NO4S/c1-3-23-14-12-15(13-8-5-4-6-9-13)24-17(14)18(21)19-11-7-10-16(20)22-2/h4-6,8-9,12H,3,7,10-11H2,1-2H3,(H,19,21). The highest BCUT2D eigenvalue weighted by atomic mass is 32.1. The monoisotopic (exact) mass is 347 g/mol. The normalized spacial score (nSPS) is 10.2. The van der Waals surface area contributed by atoms with Gasteiger partial charge in [0.05, 0.1) is 13.7 Å². The van der Waals surface area contributed by atoms with Crippen LogP contribution in [0, 0.1) is 0 Å². The van der Waals surface area contributed by atoms with Crippen LogP contribution in [-0.4, -0.2) is 32.1 Å². The summed E-state index contributed by atoms with van der Waals surface area (Å²) in [4.78, 5) is 25.0. The first-order valence-electron chi connectivity index (χ1n) is 7.82. The second kappa shape index (κ2) is 9.08. The van der Waals surface area contributed by atoms with E-state index in [1.807, 2.05) is 43.3 Å². The van der Waals surface area contributed by atoms with Crippen LogP contribution in [0.2, 0.25) is 0 Å². The minimum absolute atomic E-state index is 0.185. The lowest BCUT2D eigenvalue weighted by atomic mass is 10.2. The topological polar surface area (TPSA) is 64.6 Å². The summed E-state index contributed by atoms with van der Waals surface area (Å²) in [7, 11) is 1.35. The lowest BCUT2D eigenvalue weighted by Gasteiger charge is -2.06. The molecule has 1 N–H and O–H groups in total. The van der Waals surface area contributed by atoms with Gasteiger partial charge < -0.3 is 14.8 Å². The van der Waals surface area contributed by atoms with Crippen LogP contribution in [0.4, 0.5) is 0 Å². The molecule has 0 fully saturated rings. The Morgan fingerprint density at radius 1 is 1.21 bits per heavy atom. The summed E-state index contributed by atoms with van der Waals surface area (Å²) in [6.07, 6.45) is 0.827. The molecule has 1 aromatic carbocycles. The molecular formula is C18H21NO4S. The number of methoxy groups -OCH3 is 1. The molecule has 5 nitrogen and oxygen atoms in total. The van der Waals surface area contributed by atoms with Crippen molar-refractivity contribution in [3.63, 3.8) is 0 Å². The fourth-order valence-corrected chi connectivity index (χ4v) is 3.18. The molecule has 0 radical (unpaired) electrons. The van der Waals surface area contributed by atoms with Crippen molar-refractivity contribution >= 4 is 23.2 Å². The quantitative estimate of drug-likeness (QED) is 0.586. The van der Waals surface area contributed by atoms with Gasteiger partial charge in [0.1, 0.15) is 10.6 Å². The molecule has 1 amide bonds. The lowest BCUT2D eigenvalue weighted by molar-refractivity contribution is -0.140. The van der Waals surface area contributed by atoms with E-state index in [9.17, 15) is 9.59 Å². The number of rotatable bonds is 8. The van der Waals surface area contributed by atoms with Gasteiger partial charge in [-0.25, -0.2) is 0 Å². The van der Waals surface area contributed by atoms with Crippen molar-refractivity contribution in [2.24, 2.45) is 0 Å². The van der Waals surface area contributed by atoms with E-state index in [2.05, 4.69) is 10.1 Å². The van der Waals surface area contributed by atoms with Gasteiger partial charge in [0.15, 0.2) is 0 Å². The van der Waals surface area contributed by atoms with Crippen LogP contribution in [-0.2, 0) is 9.53 Å². The number of thiophene rings is 1. The van der Waals surface area contributed by atoms with E-state index in [0.29, 0.717) is 30.2 Å². The Bertz CT molecular complexity index is 682. The number of hydrogen-bond donors (Lipinski definition) is 1. The van der Waals surface area contributed by atoms with Crippen molar-refractivity contribution in [3.8, 4) is 16.2 Å². The molecule has 128 valence electrons. The Morgan fingerprint density at radius 2 is 1.96 bits per heavy atom. The molecule has 0 aliphatic carbocycles. The zero-order chi connectivity index (χ0) is 17.4. The van der Waals surface area contributed by atoms with Crippen molar-refractivity contribution in [1.82, 2.24) is 5.32 Å². The van der Waals surface area contributed by atoms with E-state index in [1.54, 1.807) is 0 Å². The molecule has 24 heavy (non-hydrogen) atoms. The highest BCUT2D eigenvalue weighted by Crippen LogP contribution is 2.36. The van der Waals surface area contributed by atoms with E-state index in [1.165, 1.54) is 18.4 Å². The third kappa shape index (κ3) is 4.83. The molecule has 2 aromatic rings. The van der Waals surface area contributed by atoms with E-state index in [-0.39, 0.29) is 18.3 Å². The minimum Gasteiger partial charge on any atom is -0.492 e. The van der Waals surface area contributed by atoms with Gasteiger partial charge in [0, 0.05) is 17.8 Å². The van der Waals surface area contributed by atoms with Crippen molar-refractivity contribution < 1.29 is 19.1 Å². The Balaban J connectivity index is 2.06. The van der Waals surface area contributed by atoms with Gasteiger partial charge in [-0.1, -0.05) is 30.3 Å². The van der Waals surface area contributed by atoms with Crippen molar-refractivity contribution in [1.29, 1.82) is 0 Å². The van der Waals surface area contributed by atoms with Crippen molar-refractivity contribution in [2.45, 2.75) is 19.8 Å². The SMILES string of the molecule is CCOc1cc(-c2ccccc2)sc1C(=O)NCCCC(=O)OC. The molecular weight excluding hydrogens is 326 g/mol. The molecule has 2 rings (SSSR count). The fraction of sp³-hybridized carbons (Fsp3) is 0.333. The molecule has 0 bridgehead atoms. The van der Waals surface area contributed by atoms with E-state index < -0.39 is 0 Å². The molecule has 0 atom stereocenters. The molecule has 6 heteroatoms. The second-order valence-corrected chi connectivity index (χ2v) is 6.09. The Labute approximate surface area is 145 Å². The predicted octanol–water partition coefficient (Wildman–Crippen LogP) is 3.50. The van der Waals surface area contributed by atoms with Crippen LogP contribution in [0.5, 0.6) is 5.75 Å². The van der Waals surface area contributed by atoms with Crippen molar-refractivity contribution in [2.75, 3.05) is 20.3 Å². The summed E-state index contributed by atoms with van der Waals surface area (Å²) in [6.45, 7) is 2.80. The average molecular weight is 347 g/mol. The van der Waals surface area contributed by atoms with E-state index in [4.69, 9.17) is 4.74 Å². The first-order chi connectivity index (χ1) is 11.7. The maximum Gasteiger partial charge on any atom is 0.305 e. The van der Waals surface area contributed by atoms with Gasteiger partial charge in [-0.15, -0.1) is 11.3 Å². The number of ether oxygens (including phenoxy) is 2. The van der Waals surface area contributed by atoms with Crippen LogP contribution in [0.1, 0.15) is 29.4 Å². The maximum atomic E-state index is 12.4. The number of carbonyl (C=O) groups is 2. The van der Waals surface area contributed by atoms with Gasteiger partial charge in [-0.05, 0) is 25.0 Å². The van der Waals surface area contributed by atoms with Gasteiger partial charge in [-0.2, -0.15) is 0 Å². The zero-order valence-electron chi connectivity index (χ0n) is 13.8. The third-order valence-corrected chi connectivity index (χ3v) is 4.50. The zero-order valence-corrected chi connectivity index (χ0v) is 14.7. The first kappa shape index (κ1) is 18.0. The van der Waals surface area contributed by atoms with Gasteiger partial charge in [0.25, 0.3) is 5.91 Å². The highest BCUT2D eigenvalue weighted by molar-refractivity contribution is 7.17. The second-order valence-electron chi connectivity index (χ2n) is 5.04. The van der Waals surface area contributed by atoms with Crippen LogP contribution >= 0.6 is 11.3 Å². The average Bonchev–Trinajstić information content (AvgIpc) is 3.03. The summed E-state index contributed by atoms with van der Waals surface area (Å²) >= 11 is 1.40. The number of carbonyl (C=O) groups excluding carboxylic acids is 2. The number of benzene rings is 1. The van der Waals surface area contributed by atoms with Gasteiger partial charge >= 0.3 is 5.97 Å². The molecule has 0 aliphatic rings. The Morgan fingerprint density at radius 3 is 2.62 bits per heavy atom. The molecule has 0 unspecified atom stereocenters. The fourth-order valence-electron chi connectivity index (χ4n) is 2.16. The van der Waals surface area contributed by atoms with E-state index in [0.717, 1.165) is 10.4 Å². The van der Waals surface area contributed by atoms with Gasteiger partial charge in [-0.3, -0.25) is 9.59 Å². The van der Waals surface area contributed by atoms with Gasteiger partial charge in [0.2, 0.25) is 0 Å². The Hall–Kier alpha value is -2.34. The van der Waals surface area contributed by atoms with Crippen LogP contribution in [0.25, 0.3) is 10.4 Å². The summed E-state index contributed by atoms with van der Waals surface area (Å²) in [5.41, 5.74) is 1.05. The molecule has 0 saturated heterocycles. The molecule has 0 aliphatic heterocycles. The number of amides is 1. The summed E-state index contributed by atoms with van der Waals surface area (Å²) < 4.78 is 10.2. The molecule has 0 spiro atoms. The largest absolute Gasteiger partial charge is 0.492 e. The highest BCUT2D eigenvalue weighted by Gasteiger charge is 2.18. The third-order valence-electron chi connectivity index (χ3n) is 3.33. The minimum atomic E-state index is -0.276. The lowest BCUT2D eigenvalue weighted by Crippen LogP contribution is -2.24. The summed E-state index contributed by atoms with van der Waals surface area (Å²) in [6, 6.07) is 11.8. The molecule has 1 heterocycles. The van der Waals surface area contributed by atoms with Crippen LogP contribution in [0.15, 0.2) is 36.4 Å². The Kier molecular flexibility index (Phi) is 6.81. The predicted molar refractivity (Wildman–Crippen MR) is 94.5 cm³/mol. The first-order valence-corrected chi connectivity index (χ1v) is 8.64. The summed E-state index contributed by atoms with van der Waals surface area (Å²) in [5, 5.41) is 2.83. The summed E-state index contributed by atoms with van der Waals surface area (Å²) in [5.74, 6) is 0.129. The van der Waals surface area contributed by atoms with E-state index >= 15 is 0 Å². The molecule has 1 aromatic heterocycles. The van der Waals surface area contributed by atoms with Crippen molar-refractivity contribution in [3.05, 3.63) is 41.3 Å². The molecule has 0 saturated carbocycles. The van der Waals surface area contributed by atoms with Crippen LogP contribution in [0.3, 0.4) is 0 Å².